The van der Waals surface area contributed by atoms with Crippen molar-refractivity contribution in [2.45, 2.75) is 39.2 Å². The van der Waals surface area contributed by atoms with Crippen molar-refractivity contribution in [3.05, 3.63) is 48.3 Å². The summed E-state index contributed by atoms with van der Waals surface area (Å²) in [5.41, 5.74) is 1.90. The maximum Gasteiger partial charge on any atom is 0.224 e. The number of nitrogens with zero attached hydrogens (tertiary/aromatic N) is 2. The number of hydrogen-bond donors (Lipinski definition) is 2. The monoisotopic (exact) mass is 315 g/mol. The molecule has 5 nitrogen and oxygen atoms in total. The van der Waals surface area contributed by atoms with Crippen LogP contribution < -0.4 is 5.32 Å². The minimum atomic E-state index is -0.476. The molecule has 1 heterocycles. The zero-order chi connectivity index (χ0) is 16.7. The second-order valence-corrected chi connectivity index (χ2v) is 5.74. The fraction of sp³-hybridized carbons (Fsp3) is 0.444. The number of rotatable bonds is 8. The minimum Gasteiger partial charge on any atom is -0.391 e. The molecule has 0 saturated carbocycles. The molecule has 0 saturated heterocycles. The zero-order valence-corrected chi connectivity index (χ0v) is 13.8. The predicted octanol–water partition coefficient (Wildman–Crippen LogP) is 2.33. The number of carbonyl (C=O) groups is 1. The van der Waals surface area contributed by atoms with Crippen LogP contribution in [0.5, 0.6) is 0 Å². The van der Waals surface area contributed by atoms with E-state index in [0.29, 0.717) is 13.0 Å². The van der Waals surface area contributed by atoms with Crippen LogP contribution in [-0.2, 0) is 11.2 Å². The highest BCUT2D eigenvalue weighted by Gasteiger charge is 2.16. The highest BCUT2D eigenvalue weighted by Crippen LogP contribution is 2.12. The van der Waals surface area contributed by atoms with Crippen LogP contribution in [0, 0.1) is 5.92 Å². The molecule has 0 spiro atoms. The van der Waals surface area contributed by atoms with Gasteiger partial charge in [0, 0.05) is 18.9 Å². The summed E-state index contributed by atoms with van der Waals surface area (Å²) >= 11 is 0. The van der Waals surface area contributed by atoms with Crippen LogP contribution in [0.3, 0.4) is 0 Å². The second kappa shape index (κ2) is 8.48. The molecular formula is C18H25N3O2. The van der Waals surface area contributed by atoms with Crippen molar-refractivity contribution in [2.24, 2.45) is 5.92 Å². The third-order valence-corrected chi connectivity index (χ3v) is 4.17. The highest BCUT2D eigenvalue weighted by molar-refractivity contribution is 5.78. The van der Waals surface area contributed by atoms with Gasteiger partial charge in [0.05, 0.1) is 18.2 Å². The quantitative estimate of drug-likeness (QED) is 0.785. The summed E-state index contributed by atoms with van der Waals surface area (Å²) in [6.45, 7) is 4.43. The van der Waals surface area contributed by atoms with Crippen LogP contribution in [0.25, 0.3) is 5.69 Å². The summed E-state index contributed by atoms with van der Waals surface area (Å²) in [5.74, 6) is 0.172. The van der Waals surface area contributed by atoms with Crippen LogP contribution >= 0.6 is 0 Å². The van der Waals surface area contributed by atoms with Gasteiger partial charge in [-0.3, -0.25) is 4.79 Å². The molecule has 1 unspecified atom stereocenters. The van der Waals surface area contributed by atoms with Gasteiger partial charge >= 0.3 is 0 Å². The van der Waals surface area contributed by atoms with Gasteiger partial charge in [0.1, 0.15) is 0 Å². The van der Waals surface area contributed by atoms with Crippen LogP contribution in [-0.4, -0.2) is 33.4 Å². The summed E-state index contributed by atoms with van der Waals surface area (Å²) < 4.78 is 1.77. The number of hydrogen-bond acceptors (Lipinski definition) is 3. The molecule has 0 bridgehead atoms. The Bertz CT molecular complexity index is 589. The van der Waals surface area contributed by atoms with Crippen molar-refractivity contribution in [3.8, 4) is 5.69 Å². The maximum atomic E-state index is 12.0. The van der Waals surface area contributed by atoms with Crippen molar-refractivity contribution in [1.29, 1.82) is 0 Å². The topological polar surface area (TPSA) is 67.2 Å². The first-order chi connectivity index (χ1) is 11.1. The summed E-state index contributed by atoms with van der Waals surface area (Å²) in [7, 11) is 0. The van der Waals surface area contributed by atoms with Crippen LogP contribution in [0.15, 0.2) is 42.7 Å². The molecule has 1 aromatic carbocycles. The van der Waals surface area contributed by atoms with E-state index in [1.54, 1.807) is 10.9 Å². The SMILES string of the molecule is CCC(CC)C(O)CNC(=O)Cc1ccc(-n2cccn2)cc1. The second-order valence-electron chi connectivity index (χ2n) is 5.74. The van der Waals surface area contributed by atoms with E-state index in [9.17, 15) is 9.90 Å². The Morgan fingerprint density at radius 3 is 2.52 bits per heavy atom. The number of nitrogens with one attached hydrogen (secondary N) is 1. The van der Waals surface area contributed by atoms with Gasteiger partial charge in [-0.2, -0.15) is 5.10 Å². The normalized spacial score (nSPS) is 12.3. The minimum absolute atomic E-state index is 0.0677. The lowest BCUT2D eigenvalue weighted by molar-refractivity contribution is -0.121. The molecule has 124 valence electrons. The lowest BCUT2D eigenvalue weighted by Crippen LogP contribution is -2.36. The van der Waals surface area contributed by atoms with Crippen molar-refractivity contribution >= 4 is 5.91 Å². The summed E-state index contributed by atoms with van der Waals surface area (Å²) in [4.78, 5) is 12.0. The lowest BCUT2D eigenvalue weighted by atomic mass is 9.96. The number of aromatic nitrogens is 2. The third kappa shape index (κ3) is 4.93. The first-order valence-corrected chi connectivity index (χ1v) is 8.17. The van der Waals surface area contributed by atoms with Crippen LogP contribution in [0.1, 0.15) is 32.3 Å². The van der Waals surface area contributed by atoms with E-state index >= 15 is 0 Å². The van der Waals surface area contributed by atoms with Gasteiger partial charge in [0.2, 0.25) is 5.91 Å². The van der Waals surface area contributed by atoms with Crippen molar-refractivity contribution in [3.63, 3.8) is 0 Å². The van der Waals surface area contributed by atoms with Gasteiger partial charge in [0.25, 0.3) is 0 Å². The summed E-state index contributed by atoms with van der Waals surface area (Å²) in [6.07, 6.45) is 5.28. The van der Waals surface area contributed by atoms with Crippen LogP contribution in [0.4, 0.5) is 0 Å². The first kappa shape index (κ1) is 17.2. The average molecular weight is 315 g/mol. The molecule has 5 heteroatoms. The zero-order valence-electron chi connectivity index (χ0n) is 13.8. The van der Waals surface area contributed by atoms with Gasteiger partial charge in [0.15, 0.2) is 0 Å². The van der Waals surface area contributed by atoms with Gasteiger partial charge in [-0.1, -0.05) is 38.8 Å². The number of benzene rings is 1. The van der Waals surface area contributed by atoms with Crippen LogP contribution in [0.2, 0.25) is 0 Å². The third-order valence-electron chi connectivity index (χ3n) is 4.17. The Morgan fingerprint density at radius 2 is 1.96 bits per heavy atom. The molecule has 0 fully saturated rings. The van der Waals surface area contributed by atoms with E-state index in [2.05, 4.69) is 24.3 Å². The smallest absolute Gasteiger partial charge is 0.224 e. The van der Waals surface area contributed by atoms with Gasteiger partial charge in [-0.25, -0.2) is 4.68 Å². The molecule has 1 aromatic heterocycles. The van der Waals surface area contributed by atoms with E-state index in [4.69, 9.17) is 0 Å². The van der Waals surface area contributed by atoms with E-state index in [-0.39, 0.29) is 11.8 Å². The Kier molecular flexibility index (Phi) is 6.35. The molecule has 0 aliphatic heterocycles. The average Bonchev–Trinajstić information content (AvgIpc) is 3.09. The number of carbonyl (C=O) groups excluding carboxylic acids is 1. The first-order valence-electron chi connectivity index (χ1n) is 8.17. The standard InChI is InChI=1S/C18H25N3O2/c1-3-15(4-2)17(22)13-19-18(23)12-14-6-8-16(9-7-14)21-11-5-10-20-21/h5-11,15,17,22H,3-4,12-13H2,1-2H3,(H,19,23). The highest BCUT2D eigenvalue weighted by atomic mass is 16.3. The molecule has 2 aromatic rings. The summed E-state index contributed by atoms with van der Waals surface area (Å²) in [5, 5.41) is 17.0. The molecule has 2 N–H and O–H groups in total. The van der Waals surface area contributed by atoms with E-state index in [1.165, 1.54) is 0 Å². The van der Waals surface area contributed by atoms with E-state index in [0.717, 1.165) is 24.1 Å². The molecule has 23 heavy (non-hydrogen) atoms. The fourth-order valence-electron chi connectivity index (χ4n) is 2.65. The Hall–Kier alpha value is -2.14. The fourth-order valence-corrected chi connectivity index (χ4v) is 2.65. The van der Waals surface area contributed by atoms with Crippen molar-refractivity contribution in [2.75, 3.05) is 6.54 Å². The maximum absolute atomic E-state index is 12.0. The number of aliphatic hydroxyl groups excluding tert-OH is 1. The van der Waals surface area contributed by atoms with Crippen molar-refractivity contribution in [1.82, 2.24) is 15.1 Å². The van der Waals surface area contributed by atoms with E-state index in [1.807, 2.05) is 36.5 Å². The molecular weight excluding hydrogens is 290 g/mol. The molecule has 0 aliphatic carbocycles. The predicted molar refractivity (Wildman–Crippen MR) is 90.4 cm³/mol. The molecule has 1 amide bonds. The number of aliphatic hydroxyl groups is 1. The molecule has 0 aliphatic rings. The lowest BCUT2D eigenvalue weighted by Gasteiger charge is -2.20. The molecule has 1 atom stereocenters. The Morgan fingerprint density at radius 1 is 1.26 bits per heavy atom. The largest absolute Gasteiger partial charge is 0.391 e. The Labute approximate surface area is 137 Å². The summed E-state index contributed by atoms with van der Waals surface area (Å²) in [6, 6.07) is 9.59. The van der Waals surface area contributed by atoms with E-state index < -0.39 is 6.10 Å². The molecule has 0 radical (unpaired) electrons. The van der Waals surface area contributed by atoms with Gasteiger partial charge in [-0.05, 0) is 29.7 Å². The number of amides is 1. The molecule has 2 rings (SSSR count). The van der Waals surface area contributed by atoms with Gasteiger partial charge in [-0.15, -0.1) is 0 Å². The van der Waals surface area contributed by atoms with Crippen molar-refractivity contribution < 1.29 is 9.90 Å². The van der Waals surface area contributed by atoms with Gasteiger partial charge < -0.3 is 10.4 Å². The Balaban J connectivity index is 1.83.